The summed E-state index contributed by atoms with van der Waals surface area (Å²) in [4.78, 5) is 28.1. The molecule has 0 saturated carbocycles. The highest BCUT2D eigenvalue weighted by molar-refractivity contribution is 6.01. The maximum atomic E-state index is 12.4. The van der Waals surface area contributed by atoms with Gasteiger partial charge in [-0.3, -0.25) is 4.79 Å². The third-order valence-corrected chi connectivity index (χ3v) is 6.31. The minimum Gasteiger partial charge on any atom is -0.490 e. The fraction of sp³-hybridized carbons (Fsp3) is 0.0882. The maximum Gasteiger partial charge on any atom is 0.337 e. The number of carbonyl (C=O) groups excluding carboxylic acids is 1. The molecule has 0 aliphatic carbocycles. The van der Waals surface area contributed by atoms with Crippen molar-refractivity contribution in [3.05, 3.63) is 138 Å². The van der Waals surface area contributed by atoms with Crippen molar-refractivity contribution in [2.24, 2.45) is 0 Å². The number of nitrogens with one attached hydrogen (secondary N) is 1. The molecule has 0 bridgehead atoms. The number of carboxylic acids is 1. The predicted molar refractivity (Wildman–Crippen MR) is 159 cm³/mol. The quantitative estimate of drug-likeness (QED) is 0.172. The van der Waals surface area contributed by atoms with Gasteiger partial charge in [-0.1, -0.05) is 72.8 Å². The zero-order valence-electron chi connectivity index (χ0n) is 22.2. The summed E-state index contributed by atoms with van der Waals surface area (Å²) in [6, 6.07) is 31.7. The van der Waals surface area contributed by atoms with Crippen LogP contribution in [0.25, 0.3) is 10.8 Å². The van der Waals surface area contributed by atoms with E-state index in [2.05, 4.69) is 28.5 Å². The third kappa shape index (κ3) is 7.58. The molecule has 1 aromatic heterocycles. The minimum atomic E-state index is -1.10. The van der Waals surface area contributed by atoms with E-state index in [0.717, 1.165) is 22.9 Å². The second-order valence-electron chi connectivity index (χ2n) is 9.33. The molecule has 0 unspecified atom stereocenters. The number of aromatic nitrogens is 1. The van der Waals surface area contributed by atoms with Crippen molar-refractivity contribution in [1.29, 1.82) is 0 Å². The Bertz CT molecular complexity index is 1680. The Morgan fingerprint density at radius 1 is 0.780 bits per heavy atom. The van der Waals surface area contributed by atoms with Gasteiger partial charge in [0.1, 0.15) is 18.1 Å². The minimum absolute atomic E-state index is 0.0357. The Labute approximate surface area is 237 Å². The molecule has 7 nitrogen and oxygen atoms in total. The Kier molecular flexibility index (Phi) is 8.66. The van der Waals surface area contributed by atoms with Gasteiger partial charge in [0, 0.05) is 12.3 Å². The number of aromatic carboxylic acids is 1. The number of ether oxygens (including phenoxy) is 2. The van der Waals surface area contributed by atoms with Crippen LogP contribution < -0.4 is 14.8 Å². The first-order valence-electron chi connectivity index (χ1n) is 13.1. The summed E-state index contributed by atoms with van der Waals surface area (Å²) in [5.74, 6) is 0.387. The van der Waals surface area contributed by atoms with Gasteiger partial charge in [0.15, 0.2) is 0 Å². The fourth-order valence-corrected chi connectivity index (χ4v) is 4.26. The van der Waals surface area contributed by atoms with Gasteiger partial charge in [-0.05, 0) is 64.7 Å². The first-order valence-corrected chi connectivity index (χ1v) is 13.1. The number of nitrogens with zero attached hydrogens (tertiary/aromatic N) is 1. The van der Waals surface area contributed by atoms with E-state index in [1.807, 2.05) is 60.7 Å². The molecule has 5 rings (SSSR count). The smallest absolute Gasteiger partial charge is 0.337 e. The van der Waals surface area contributed by atoms with Crippen molar-refractivity contribution in [3.63, 3.8) is 0 Å². The standard InChI is InChI=1S/C34H28N2O5/c37-32(36-31-12-5-4-11-30(31)34(38)39)20-25-13-18-33(35-23-25)41-29-17-15-26-21-28(16-14-27(26)22-29)40-19-7-6-10-24-8-2-1-3-9-24/h1-9,11-18,21-23H,10,19-20H2,(H,36,37)(H,38,39). The summed E-state index contributed by atoms with van der Waals surface area (Å²) in [5.41, 5.74) is 2.23. The molecule has 5 aromatic rings. The van der Waals surface area contributed by atoms with Crippen molar-refractivity contribution in [3.8, 4) is 17.4 Å². The van der Waals surface area contributed by atoms with Crippen LogP contribution in [0, 0.1) is 0 Å². The van der Waals surface area contributed by atoms with E-state index in [1.54, 1.807) is 36.5 Å². The number of hydrogen-bond acceptors (Lipinski definition) is 5. The summed E-state index contributed by atoms with van der Waals surface area (Å²) in [7, 11) is 0. The molecule has 4 aromatic carbocycles. The van der Waals surface area contributed by atoms with Crippen molar-refractivity contribution in [2.45, 2.75) is 12.8 Å². The van der Waals surface area contributed by atoms with Crippen molar-refractivity contribution >= 4 is 28.3 Å². The fourth-order valence-electron chi connectivity index (χ4n) is 4.26. The lowest BCUT2D eigenvalue weighted by Crippen LogP contribution is -2.16. The molecular formula is C34H28N2O5. The van der Waals surface area contributed by atoms with Crippen molar-refractivity contribution in [2.75, 3.05) is 11.9 Å². The van der Waals surface area contributed by atoms with Gasteiger partial charge in [-0.25, -0.2) is 9.78 Å². The van der Waals surface area contributed by atoms with Gasteiger partial charge in [0.25, 0.3) is 0 Å². The lowest BCUT2D eigenvalue weighted by atomic mass is 10.1. The topological polar surface area (TPSA) is 97.8 Å². The molecule has 0 spiro atoms. The number of para-hydroxylation sites is 1. The molecule has 204 valence electrons. The average Bonchev–Trinajstić information content (AvgIpc) is 2.98. The maximum absolute atomic E-state index is 12.4. The van der Waals surface area contributed by atoms with E-state index in [9.17, 15) is 14.7 Å². The number of pyridine rings is 1. The molecular weight excluding hydrogens is 516 g/mol. The summed E-state index contributed by atoms with van der Waals surface area (Å²) < 4.78 is 11.8. The first kappa shape index (κ1) is 27.1. The van der Waals surface area contributed by atoms with E-state index in [0.29, 0.717) is 23.8 Å². The summed E-state index contributed by atoms with van der Waals surface area (Å²) >= 11 is 0. The van der Waals surface area contributed by atoms with E-state index >= 15 is 0 Å². The van der Waals surface area contributed by atoms with Crippen LogP contribution in [0.1, 0.15) is 21.5 Å². The van der Waals surface area contributed by atoms with Gasteiger partial charge in [-0.15, -0.1) is 0 Å². The molecule has 7 heteroatoms. The van der Waals surface area contributed by atoms with Gasteiger partial charge < -0.3 is 19.9 Å². The van der Waals surface area contributed by atoms with Crippen molar-refractivity contribution in [1.82, 2.24) is 4.98 Å². The number of anilines is 1. The van der Waals surface area contributed by atoms with Gasteiger partial charge in [0.05, 0.1) is 17.7 Å². The van der Waals surface area contributed by atoms with E-state index in [1.165, 1.54) is 11.6 Å². The number of fused-ring (bicyclic) bond motifs is 1. The monoisotopic (exact) mass is 544 g/mol. The second kappa shape index (κ2) is 13.1. The largest absolute Gasteiger partial charge is 0.490 e. The van der Waals surface area contributed by atoms with E-state index in [-0.39, 0.29) is 23.6 Å². The van der Waals surface area contributed by atoms with Crippen LogP contribution in [-0.2, 0) is 17.6 Å². The van der Waals surface area contributed by atoms with Crippen molar-refractivity contribution < 1.29 is 24.2 Å². The molecule has 1 heterocycles. The highest BCUT2D eigenvalue weighted by Gasteiger charge is 2.12. The molecule has 0 fully saturated rings. The Morgan fingerprint density at radius 2 is 1.51 bits per heavy atom. The number of carbonyl (C=O) groups is 2. The Hall–Kier alpha value is -5.43. The normalized spacial score (nSPS) is 10.9. The molecule has 2 N–H and O–H groups in total. The molecule has 0 saturated heterocycles. The molecule has 0 radical (unpaired) electrons. The zero-order chi connectivity index (χ0) is 28.4. The molecule has 41 heavy (non-hydrogen) atoms. The van der Waals surface area contributed by atoms with Gasteiger partial charge >= 0.3 is 5.97 Å². The van der Waals surface area contributed by atoms with Crippen LogP contribution in [-0.4, -0.2) is 28.6 Å². The third-order valence-electron chi connectivity index (χ3n) is 6.31. The summed E-state index contributed by atoms with van der Waals surface area (Å²) in [5, 5.41) is 14.0. The van der Waals surface area contributed by atoms with Gasteiger partial charge in [-0.2, -0.15) is 0 Å². The number of hydrogen-bond donors (Lipinski definition) is 2. The lowest BCUT2D eigenvalue weighted by Gasteiger charge is -2.09. The Balaban J connectivity index is 1.14. The molecule has 0 atom stereocenters. The molecule has 1 amide bonds. The highest BCUT2D eigenvalue weighted by atomic mass is 16.5. The van der Waals surface area contributed by atoms with Crippen LogP contribution in [0.4, 0.5) is 5.69 Å². The number of benzene rings is 4. The number of carboxylic acid groups (broad SMARTS) is 1. The van der Waals surface area contributed by atoms with Crippen LogP contribution in [0.15, 0.2) is 121 Å². The van der Waals surface area contributed by atoms with E-state index < -0.39 is 5.97 Å². The molecule has 0 aliphatic heterocycles. The highest BCUT2D eigenvalue weighted by Crippen LogP contribution is 2.27. The summed E-state index contributed by atoms with van der Waals surface area (Å²) in [6.07, 6.45) is 6.62. The number of allylic oxidation sites excluding steroid dienone is 1. The number of amides is 1. The zero-order valence-corrected chi connectivity index (χ0v) is 22.2. The van der Waals surface area contributed by atoms with Crippen LogP contribution in [0.5, 0.6) is 17.4 Å². The lowest BCUT2D eigenvalue weighted by molar-refractivity contribution is -0.115. The Morgan fingerprint density at radius 3 is 2.27 bits per heavy atom. The predicted octanol–water partition coefficient (Wildman–Crippen LogP) is 7.08. The first-order chi connectivity index (χ1) is 20.0. The van der Waals surface area contributed by atoms with E-state index in [4.69, 9.17) is 9.47 Å². The van der Waals surface area contributed by atoms with Crippen LogP contribution in [0.2, 0.25) is 0 Å². The summed E-state index contributed by atoms with van der Waals surface area (Å²) in [6.45, 7) is 0.498. The SMILES string of the molecule is O=C(Cc1ccc(Oc2ccc3cc(OCC=CCc4ccccc4)ccc3c2)nc1)Nc1ccccc1C(=O)O. The van der Waals surface area contributed by atoms with Crippen LogP contribution >= 0.6 is 0 Å². The van der Waals surface area contributed by atoms with Gasteiger partial charge in [0.2, 0.25) is 11.8 Å². The average molecular weight is 545 g/mol. The molecule has 0 aliphatic rings. The second-order valence-corrected chi connectivity index (χ2v) is 9.33. The van der Waals surface area contributed by atoms with Crippen LogP contribution in [0.3, 0.4) is 0 Å². The number of rotatable bonds is 11.